The van der Waals surface area contributed by atoms with Gasteiger partial charge >= 0.3 is 0 Å². The van der Waals surface area contributed by atoms with Crippen LogP contribution in [0.4, 0.5) is 0 Å². The molecule has 0 atom stereocenters. The fourth-order valence-electron chi connectivity index (χ4n) is 2.72. The molecule has 1 aliphatic heterocycles. The lowest BCUT2D eigenvalue weighted by molar-refractivity contribution is 0.261. The van der Waals surface area contributed by atoms with E-state index in [2.05, 4.69) is 21.2 Å². The van der Waals surface area contributed by atoms with Crippen LogP contribution < -0.4 is 5.32 Å². The van der Waals surface area contributed by atoms with Crippen LogP contribution >= 0.6 is 27.3 Å². The minimum absolute atomic E-state index is 0.0250. The molecule has 0 aromatic carbocycles. The van der Waals surface area contributed by atoms with Gasteiger partial charge in [0.1, 0.15) is 0 Å². The molecule has 4 nitrogen and oxygen atoms in total. The third kappa shape index (κ3) is 4.07. The van der Waals surface area contributed by atoms with Gasteiger partial charge in [-0.25, -0.2) is 8.42 Å². The molecule has 0 bridgehead atoms. The highest BCUT2D eigenvalue weighted by molar-refractivity contribution is 9.11. The van der Waals surface area contributed by atoms with E-state index in [1.807, 2.05) is 20.8 Å². The molecule has 1 saturated heterocycles. The Hall–Kier alpha value is 0.0500. The first-order valence-corrected chi connectivity index (χ1v) is 10.4. The van der Waals surface area contributed by atoms with Crippen molar-refractivity contribution in [3.63, 3.8) is 0 Å². The zero-order valence-electron chi connectivity index (χ0n) is 12.7. The van der Waals surface area contributed by atoms with Crippen LogP contribution in [0.2, 0.25) is 0 Å². The zero-order chi connectivity index (χ0) is 15.6. The van der Waals surface area contributed by atoms with Gasteiger partial charge in [0.05, 0.1) is 8.68 Å². The molecule has 1 aliphatic rings. The summed E-state index contributed by atoms with van der Waals surface area (Å²) in [6.07, 6.45) is 2.09. The van der Waals surface area contributed by atoms with Crippen LogP contribution in [0.15, 0.2) is 14.7 Å². The Balaban J connectivity index is 2.25. The van der Waals surface area contributed by atoms with Crippen molar-refractivity contribution in [1.82, 2.24) is 9.62 Å². The Kier molecular flexibility index (Phi) is 5.87. The predicted octanol–water partition coefficient (Wildman–Crippen LogP) is 3.22. The van der Waals surface area contributed by atoms with E-state index in [4.69, 9.17) is 0 Å². The molecule has 0 amide bonds. The van der Waals surface area contributed by atoms with E-state index in [0.29, 0.717) is 17.4 Å². The number of halogens is 1. The highest BCUT2D eigenvalue weighted by Crippen LogP contribution is 2.33. The number of aryl methyl sites for hydroxylation is 1. The van der Waals surface area contributed by atoms with Crippen molar-refractivity contribution in [2.24, 2.45) is 5.92 Å². The van der Waals surface area contributed by atoms with Gasteiger partial charge in [0, 0.05) is 17.5 Å². The summed E-state index contributed by atoms with van der Waals surface area (Å²) < 4.78 is 28.5. The number of nitrogens with one attached hydrogen (secondary N) is 1. The zero-order valence-corrected chi connectivity index (χ0v) is 15.9. The minimum atomic E-state index is -3.42. The van der Waals surface area contributed by atoms with Crippen LogP contribution in [0.25, 0.3) is 0 Å². The minimum Gasteiger partial charge on any atom is -0.317 e. The van der Waals surface area contributed by atoms with Crippen LogP contribution in [-0.2, 0) is 10.0 Å². The molecule has 0 aliphatic carbocycles. The van der Waals surface area contributed by atoms with Crippen molar-refractivity contribution < 1.29 is 8.42 Å². The van der Waals surface area contributed by atoms with Crippen LogP contribution in [0.1, 0.15) is 31.6 Å². The lowest BCUT2D eigenvalue weighted by atomic mass is 9.98. The fraction of sp³-hybridized carbons (Fsp3) is 0.714. The maximum atomic E-state index is 13.0. The molecule has 120 valence electrons. The second-order valence-electron chi connectivity index (χ2n) is 5.83. The summed E-state index contributed by atoms with van der Waals surface area (Å²) in [5.74, 6) is 0.450. The van der Waals surface area contributed by atoms with Gasteiger partial charge in [0.15, 0.2) is 0 Å². The van der Waals surface area contributed by atoms with Crippen molar-refractivity contribution in [3.8, 4) is 0 Å². The van der Waals surface area contributed by atoms with Crippen molar-refractivity contribution in [1.29, 1.82) is 0 Å². The summed E-state index contributed by atoms with van der Waals surface area (Å²) in [5.41, 5.74) is 0. The predicted molar refractivity (Wildman–Crippen MR) is 91.4 cm³/mol. The number of hydrogen-bond acceptors (Lipinski definition) is 4. The monoisotopic (exact) mass is 394 g/mol. The summed E-state index contributed by atoms with van der Waals surface area (Å²) in [6.45, 7) is 8.37. The molecule has 1 fully saturated rings. The Bertz CT molecular complexity index is 578. The van der Waals surface area contributed by atoms with Crippen LogP contribution in [0.3, 0.4) is 0 Å². The fourth-order valence-corrected chi connectivity index (χ4v) is 6.82. The van der Waals surface area contributed by atoms with E-state index >= 15 is 0 Å². The summed E-state index contributed by atoms with van der Waals surface area (Å²) in [4.78, 5) is 1.29. The Morgan fingerprint density at radius 3 is 2.52 bits per heavy atom. The molecule has 0 radical (unpaired) electrons. The first-order chi connectivity index (χ1) is 9.82. The van der Waals surface area contributed by atoms with Gasteiger partial charge in [-0.15, -0.1) is 11.3 Å². The third-order valence-electron chi connectivity index (χ3n) is 3.90. The molecule has 2 heterocycles. The second kappa shape index (κ2) is 7.08. The van der Waals surface area contributed by atoms with Crippen molar-refractivity contribution >= 4 is 37.3 Å². The van der Waals surface area contributed by atoms with E-state index in [-0.39, 0.29) is 6.04 Å². The van der Waals surface area contributed by atoms with Gasteiger partial charge in [-0.2, -0.15) is 4.31 Å². The molecular formula is C14H23BrN2O2S2. The van der Waals surface area contributed by atoms with E-state index in [1.54, 1.807) is 10.4 Å². The molecule has 0 unspecified atom stereocenters. The average molecular weight is 395 g/mol. The van der Waals surface area contributed by atoms with Crippen LogP contribution in [0.5, 0.6) is 0 Å². The molecule has 21 heavy (non-hydrogen) atoms. The number of thiophene rings is 1. The molecular weight excluding hydrogens is 372 g/mol. The normalized spacial score (nSPS) is 17.8. The second-order valence-corrected chi connectivity index (χ2v) is 10.3. The molecule has 1 N–H and O–H groups in total. The molecule has 1 aromatic rings. The van der Waals surface area contributed by atoms with Gasteiger partial charge in [-0.3, -0.25) is 0 Å². The maximum absolute atomic E-state index is 13.0. The van der Waals surface area contributed by atoms with E-state index in [9.17, 15) is 8.42 Å². The maximum Gasteiger partial charge on any atom is 0.244 e. The molecule has 2 rings (SSSR count). The highest BCUT2D eigenvalue weighted by Gasteiger charge is 2.31. The molecule has 0 saturated carbocycles. The third-order valence-corrected chi connectivity index (χ3v) is 7.75. The highest BCUT2D eigenvalue weighted by atomic mass is 79.9. The number of hydrogen-bond donors (Lipinski definition) is 1. The Morgan fingerprint density at radius 2 is 2.05 bits per heavy atom. The van der Waals surface area contributed by atoms with Crippen molar-refractivity contribution in [3.05, 3.63) is 14.7 Å². The standard InChI is InChI=1S/C14H23BrN2O2S2/c1-10(2)17(9-12-4-6-16-7-5-12)21(18,19)13-8-14(15)20-11(13)3/h8,10,12,16H,4-7,9H2,1-3H3. The van der Waals surface area contributed by atoms with E-state index in [0.717, 1.165) is 34.6 Å². The van der Waals surface area contributed by atoms with Gasteiger partial charge in [-0.1, -0.05) is 0 Å². The molecule has 0 spiro atoms. The van der Waals surface area contributed by atoms with Crippen LogP contribution in [0, 0.1) is 12.8 Å². The van der Waals surface area contributed by atoms with Crippen LogP contribution in [-0.4, -0.2) is 38.4 Å². The Labute approximate surface area is 140 Å². The first-order valence-electron chi connectivity index (χ1n) is 7.31. The number of nitrogens with zero attached hydrogens (tertiary/aromatic N) is 1. The smallest absolute Gasteiger partial charge is 0.244 e. The largest absolute Gasteiger partial charge is 0.317 e. The van der Waals surface area contributed by atoms with Gasteiger partial charge < -0.3 is 5.32 Å². The van der Waals surface area contributed by atoms with Crippen molar-refractivity contribution in [2.75, 3.05) is 19.6 Å². The topological polar surface area (TPSA) is 49.4 Å². The lowest BCUT2D eigenvalue weighted by Crippen LogP contribution is -2.42. The lowest BCUT2D eigenvalue weighted by Gasteiger charge is -2.32. The quantitative estimate of drug-likeness (QED) is 0.833. The van der Waals surface area contributed by atoms with Gasteiger partial charge in [-0.05, 0) is 74.6 Å². The number of rotatable bonds is 5. The number of sulfonamides is 1. The summed E-state index contributed by atoms with van der Waals surface area (Å²) >= 11 is 4.86. The molecule has 7 heteroatoms. The van der Waals surface area contributed by atoms with Gasteiger partial charge in [0.2, 0.25) is 10.0 Å². The summed E-state index contributed by atoms with van der Waals surface area (Å²) in [5, 5.41) is 3.33. The van der Waals surface area contributed by atoms with Crippen molar-refractivity contribution in [2.45, 2.75) is 44.6 Å². The summed E-state index contributed by atoms with van der Waals surface area (Å²) in [6, 6.07) is 1.70. The average Bonchev–Trinajstić information content (AvgIpc) is 2.76. The molecule has 1 aromatic heterocycles. The number of piperidine rings is 1. The Morgan fingerprint density at radius 1 is 1.43 bits per heavy atom. The van der Waals surface area contributed by atoms with E-state index in [1.165, 1.54) is 11.3 Å². The first kappa shape index (κ1) is 17.4. The van der Waals surface area contributed by atoms with Gasteiger partial charge in [0.25, 0.3) is 0 Å². The summed E-state index contributed by atoms with van der Waals surface area (Å²) in [7, 11) is -3.42. The van der Waals surface area contributed by atoms with E-state index < -0.39 is 10.0 Å². The SMILES string of the molecule is Cc1sc(Br)cc1S(=O)(=O)N(CC1CCNCC1)C(C)C.